The molecule has 5 heteroatoms. The highest BCUT2D eigenvalue weighted by Crippen LogP contribution is 2.29. The van der Waals surface area contributed by atoms with Crippen LogP contribution in [0.3, 0.4) is 0 Å². The molecule has 1 aromatic carbocycles. The number of hydrogen-bond donors (Lipinski definition) is 2. The van der Waals surface area contributed by atoms with Crippen LogP contribution in [0.1, 0.15) is 18.9 Å². The van der Waals surface area contributed by atoms with Crippen LogP contribution in [-0.2, 0) is 6.54 Å². The molecule has 0 fully saturated rings. The van der Waals surface area contributed by atoms with Crippen LogP contribution in [0.25, 0.3) is 0 Å². The van der Waals surface area contributed by atoms with E-state index in [1.165, 1.54) is 0 Å². The molecule has 0 aliphatic rings. The van der Waals surface area contributed by atoms with E-state index in [1.807, 2.05) is 30.3 Å². The van der Waals surface area contributed by atoms with Crippen LogP contribution in [-0.4, -0.2) is 18.3 Å². The zero-order valence-electron chi connectivity index (χ0n) is 9.72. The number of alkyl halides is 3. The van der Waals surface area contributed by atoms with Crippen molar-refractivity contribution in [2.24, 2.45) is 5.73 Å². The topological polar surface area (TPSA) is 38.0 Å². The molecule has 3 N–H and O–H groups in total. The summed E-state index contributed by atoms with van der Waals surface area (Å²) >= 11 is 0. The molecule has 0 bridgehead atoms. The second kappa shape index (κ2) is 5.51. The summed E-state index contributed by atoms with van der Waals surface area (Å²) in [7, 11) is 0. The molecule has 0 spiro atoms. The SMILES string of the molecule is CC(N)(CCNCc1ccccc1)C(F)(F)F. The van der Waals surface area contributed by atoms with Gasteiger partial charge in [0.05, 0.1) is 0 Å². The van der Waals surface area contributed by atoms with Crippen molar-refractivity contribution in [3.05, 3.63) is 35.9 Å². The Kier molecular flexibility index (Phi) is 4.54. The van der Waals surface area contributed by atoms with Gasteiger partial charge in [0.1, 0.15) is 5.54 Å². The molecule has 96 valence electrons. The zero-order chi connectivity index (χ0) is 12.9. The van der Waals surface area contributed by atoms with Gasteiger partial charge >= 0.3 is 6.18 Å². The van der Waals surface area contributed by atoms with Gasteiger partial charge in [-0.3, -0.25) is 0 Å². The van der Waals surface area contributed by atoms with Crippen molar-refractivity contribution in [1.29, 1.82) is 0 Å². The Morgan fingerprint density at radius 1 is 1.18 bits per heavy atom. The normalized spacial score (nSPS) is 15.6. The first-order valence-electron chi connectivity index (χ1n) is 5.43. The maximum absolute atomic E-state index is 12.4. The molecule has 0 amide bonds. The molecule has 0 heterocycles. The lowest BCUT2D eigenvalue weighted by molar-refractivity contribution is -0.182. The van der Waals surface area contributed by atoms with Gasteiger partial charge in [0, 0.05) is 6.54 Å². The predicted molar refractivity (Wildman–Crippen MR) is 61.4 cm³/mol. The van der Waals surface area contributed by atoms with Gasteiger partial charge in [-0.1, -0.05) is 30.3 Å². The van der Waals surface area contributed by atoms with Crippen molar-refractivity contribution in [3.63, 3.8) is 0 Å². The lowest BCUT2D eigenvalue weighted by atomic mass is 9.99. The Labute approximate surface area is 99.0 Å². The summed E-state index contributed by atoms with van der Waals surface area (Å²) in [4.78, 5) is 0. The number of rotatable bonds is 5. The molecule has 2 nitrogen and oxygen atoms in total. The second-order valence-electron chi connectivity index (χ2n) is 4.33. The highest BCUT2D eigenvalue weighted by Gasteiger charge is 2.47. The fourth-order valence-electron chi connectivity index (χ4n) is 1.32. The molecule has 0 saturated heterocycles. The quantitative estimate of drug-likeness (QED) is 0.783. The third-order valence-electron chi connectivity index (χ3n) is 2.64. The minimum Gasteiger partial charge on any atom is -0.318 e. The van der Waals surface area contributed by atoms with Gasteiger partial charge in [0.2, 0.25) is 0 Å². The van der Waals surface area contributed by atoms with E-state index in [9.17, 15) is 13.2 Å². The van der Waals surface area contributed by atoms with Crippen molar-refractivity contribution in [2.45, 2.75) is 31.6 Å². The van der Waals surface area contributed by atoms with E-state index in [1.54, 1.807) is 0 Å². The summed E-state index contributed by atoms with van der Waals surface area (Å²) in [6, 6.07) is 9.50. The fraction of sp³-hybridized carbons (Fsp3) is 0.500. The Morgan fingerprint density at radius 3 is 2.29 bits per heavy atom. The van der Waals surface area contributed by atoms with Crippen LogP contribution in [0, 0.1) is 0 Å². The first-order valence-corrected chi connectivity index (χ1v) is 5.43. The zero-order valence-corrected chi connectivity index (χ0v) is 9.72. The van der Waals surface area contributed by atoms with E-state index >= 15 is 0 Å². The monoisotopic (exact) mass is 246 g/mol. The van der Waals surface area contributed by atoms with Gasteiger partial charge in [-0.15, -0.1) is 0 Å². The Hall–Kier alpha value is -1.07. The molecule has 0 aromatic heterocycles. The van der Waals surface area contributed by atoms with Gasteiger partial charge in [-0.2, -0.15) is 13.2 Å². The molecular formula is C12H17F3N2. The van der Waals surface area contributed by atoms with Crippen LogP contribution >= 0.6 is 0 Å². The van der Waals surface area contributed by atoms with Crippen molar-refractivity contribution >= 4 is 0 Å². The van der Waals surface area contributed by atoms with E-state index in [0.717, 1.165) is 12.5 Å². The van der Waals surface area contributed by atoms with Gasteiger partial charge < -0.3 is 11.1 Å². The third-order valence-corrected chi connectivity index (χ3v) is 2.64. The number of nitrogens with two attached hydrogens (primary N) is 1. The van der Waals surface area contributed by atoms with Gasteiger partial charge in [0.25, 0.3) is 0 Å². The number of halogens is 3. The number of nitrogens with one attached hydrogen (secondary N) is 1. The summed E-state index contributed by atoms with van der Waals surface area (Å²) in [5.74, 6) is 0. The van der Waals surface area contributed by atoms with Crippen molar-refractivity contribution in [2.75, 3.05) is 6.54 Å². The lowest BCUT2D eigenvalue weighted by Gasteiger charge is -2.27. The van der Waals surface area contributed by atoms with Crippen LogP contribution < -0.4 is 11.1 Å². The molecule has 0 aliphatic heterocycles. The molecule has 1 rings (SSSR count). The van der Waals surface area contributed by atoms with Crippen LogP contribution in [0.15, 0.2) is 30.3 Å². The first-order chi connectivity index (χ1) is 7.83. The Morgan fingerprint density at radius 2 is 1.76 bits per heavy atom. The van der Waals surface area contributed by atoms with E-state index in [-0.39, 0.29) is 13.0 Å². The fourth-order valence-corrected chi connectivity index (χ4v) is 1.32. The van der Waals surface area contributed by atoms with Crippen LogP contribution in [0.5, 0.6) is 0 Å². The van der Waals surface area contributed by atoms with Crippen LogP contribution in [0.2, 0.25) is 0 Å². The molecule has 0 aliphatic carbocycles. The molecular weight excluding hydrogens is 229 g/mol. The lowest BCUT2D eigenvalue weighted by Crippen LogP contribution is -2.52. The van der Waals surface area contributed by atoms with Gasteiger partial charge in [-0.05, 0) is 25.5 Å². The summed E-state index contributed by atoms with van der Waals surface area (Å²) < 4.78 is 37.3. The van der Waals surface area contributed by atoms with Crippen molar-refractivity contribution < 1.29 is 13.2 Å². The molecule has 17 heavy (non-hydrogen) atoms. The summed E-state index contributed by atoms with van der Waals surface area (Å²) in [5, 5.41) is 2.95. The second-order valence-corrected chi connectivity index (χ2v) is 4.33. The van der Waals surface area contributed by atoms with E-state index in [0.29, 0.717) is 6.54 Å². The Bertz CT molecular complexity index is 333. The average Bonchev–Trinajstić information content (AvgIpc) is 2.24. The number of hydrogen-bond acceptors (Lipinski definition) is 2. The maximum atomic E-state index is 12.4. The molecule has 1 aromatic rings. The van der Waals surface area contributed by atoms with E-state index in [4.69, 9.17) is 5.73 Å². The largest absolute Gasteiger partial charge is 0.406 e. The summed E-state index contributed by atoms with van der Waals surface area (Å²) in [5.41, 5.74) is 4.12. The molecule has 0 radical (unpaired) electrons. The highest BCUT2D eigenvalue weighted by molar-refractivity contribution is 5.14. The van der Waals surface area contributed by atoms with E-state index < -0.39 is 11.7 Å². The molecule has 1 atom stereocenters. The van der Waals surface area contributed by atoms with Gasteiger partial charge in [-0.25, -0.2) is 0 Å². The van der Waals surface area contributed by atoms with Crippen molar-refractivity contribution in [3.8, 4) is 0 Å². The first kappa shape index (κ1) is 14.0. The summed E-state index contributed by atoms with van der Waals surface area (Å²) in [6.07, 6.45) is -4.50. The highest BCUT2D eigenvalue weighted by atomic mass is 19.4. The predicted octanol–water partition coefficient (Wildman–Crippen LogP) is 2.45. The van der Waals surface area contributed by atoms with Crippen molar-refractivity contribution in [1.82, 2.24) is 5.32 Å². The third kappa shape index (κ3) is 4.36. The van der Waals surface area contributed by atoms with Crippen LogP contribution in [0.4, 0.5) is 13.2 Å². The number of benzene rings is 1. The molecule has 1 unspecified atom stereocenters. The maximum Gasteiger partial charge on any atom is 0.406 e. The van der Waals surface area contributed by atoms with Gasteiger partial charge in [0.15, 0.2) is 0 Å². The minimum atomic E-state index is -4.36. The van der Waals surface area contributed by atoms with E-state index in [2.05, 4.69) is 5.32 Å². The Balaban J connectivity index is 2.30. The molecule has 0 saturated carbocycles. The standard InChI is InChI=1S/C12H17F3N2/c1-11(16,12(13,14)15)7-8-17-9-10-5-3-2-4-6-10/h2-6,17H,7-9,16H2,1H3. The smallest absolute Gasteiger partial charge is 0.318 e. The summed E-state index contributed by atoms with van der Waals surface area (Å²) in [6.45, 7) is 1.80. The average molecular weight is 246 g/mol. The minimum absolute atomic E-state index is 0.136.